The number of nitrogens with one attached hydrogen (secondary N) is 5. The topological polar surface area (TPSA) is 376 Å². The molecule has 5 aromatic heterocycles. The summed E-state index contributed by atoms with van der Waals surface area (Å²) in [7, 11) is -14.7. The van der Waals surface area contributed by atoms with Crippen LogP contribution in [-0.2, 0) is 77.6 Å². The van der Waals surface area contributed by atoms with Gasteiger partial charge in [0.05, 0.1) is 85.7 Å². The molecule has 0 radical (unpaired) electrons. The number of nitrogens with zero attached hydrogens (tertiary/aromatic N) is 10. The summed E-state index contributed by atoms with van der Waals surface area (Å²) >= 11 is 30.0. The molecule has 1 aliphatic carbocycles. The zero-order valence-corrected chi connectivity index (χ0v) is 84.6. The minimum Gasteiger partial charge on any atom is -0.450 e. The van der Waals surface area contributed by atoms with Crippen molar-refractivity contribution in [2.75, 3.05) is 59.7 Å². The molecule has 1 saturated carbocycles. The normalized spacial score (nSPS) is 12.0. The van der Waals surface area contributed by atoms with E-state index < -0.39 is 64.7 Å². The number of hydrogen-bond acceptors (Lipinski definition) is 16. The van der Waals surface area contributed by atoms with E-state index in [1.54, 1.807) is 123 Å². The van der Waals surface area contributed by atoms with Gasteiger partial charge in [0, 0.05) is 142 Å². The monoisotopic (exact) mass is 2100 g/mol. The number of benzene rings is 10. The van der Waals surface area contributed by atoms with Gasteiger partial charge in [0.1, 0.15) is 36.1 Å². The van der Waals surface area contributed by atoms with Gasteiger partial charge in [0.2, 0.25) is 40.1 Å². The summed E-state index contributed by atoms with van der Waals surface area (Å²) in [5, 5.41) is 57.6. The molecule has 142 heavy (non-hydrogen) atoms. The Bertz CT molecular complexity index is 7740. The molecule has 0 unspecified atom stereocenters. The first-order valence-corrected chi connectivity index (χ1v) is 53.4. The van der Waals surface area contributed by atoms with Crippen LogP contribution in [0.3, 0.4) is 0 Å². The Balaban J connectivity index is 0.000000159. The quantitative estimate of drug-likeness (QED) is 0.0199. The van der Waals surface area contributed by atoms with Crippen LogP contribution in [0.2, 0.25) is 20.1 Å². The molecule has 0 atom stereocenters. The first kappa shape index (κ1) is 107. The van der Waals surface area contributed by atoms with Gasteiger partial charge in [-0.3, -0.25) is 24.2 Å². The molecule has 5 N–H and O–H groups in total. The van der Waals surface area contributed by atoms with Gasteiger partial charge >= 0.3 is 18.9 Å². The number of sulfonamides is 4. The number of alkyl halides is 6. The molecular weight excluding hydrogens is 2010 g/mol. The summed E-state index contributed by atoms with van der Waals surface area (Å²) in [5.41, 5.74) is 16.6. The highest BCUT2D eigenvalue weighted by molar-refractivity contribution is 7.93. The Kier molecular flexibility index (Phi) is 35.5. The lowest BCUT2D eigenvalue weighted by Crippen LogP contribution is -2.27. The van der Waals surface area contributed by atoms with Crippen molar-refractivity contribution < 1.29 is 69.9 Å². The molecule has 10 aromatic carbocycles. The van der Waals surface area contributed by atoms with Crippen LogP contribution in [0.4, 0.5) is 55.2 Å². The summed E-state index contributed by atoms with van der Waals surface area (Å²) < 4.78 is 187. The molecule has 1 fully saturated rings. The van der Waals surface area contributed by atoms with E-state index in [0.29, 0.717) is 161 Å². The van der Waals surface area contributed by atoms with E-state index in [0.717, 1.165) is 103 Å². The number of carbonyl (C=O) groups excluding carboxylic acids is 1. The zero-order valence-electron chi connectivity index (χ0n) is 77.6. The number of anilines is 5. The largest absolute Gasteiger partial charge is 0.450 e. The van der Waals surface area contributed by atoms with Crippen molar-refractivity contribution in [3.63, 3.8) is 0 Å². The molecule has 0 bridgehead atoms. The molecule has 1 amide bonds. The average Bonchev–Trinajstić information content (AvgIpc) is 1.63. The second-order valence-electron chi connectivity index (χ2n) is 32.4. The van der Waals surface area contributed by atoms with Crippen molar-refractivity contribution in [1.82, 2.24) is 22.8 Å². The molecule has 738 valence electrons. The number of unbranched alkanes of at least 4 members (excludes halogenated alkanes) is 1. The van der Waals surface area contributed by atoms with Crippen LogP contribution in [0.5, 0.6) is 5.75 Å². The van der Waals surface area contributed by atoms with E-state index in [1.807, 2.05) is 127 Å². The van der Waals surface area contributed by atoms with Gasteiger partial charge in [0.25, 0.3) is 0 Å². The molecule has 0 aliphatic heterocycles. The number of halogens is 10. The van der Waals surface area contributed by atoms with Gasteiger partial charge in [-0.1, -0.05) is 120 Å². The maximum Gasteiger partial charge on any atom is 0.411 e. The molecule has 1 aliphatic rings. The van der Waals surface area contributed by atoms with Gasteiger partial charge < -0.3 is 32.3 Å². The summed E-state index contributed by atoms with van der Waals surface area (Å²) in [5.74, 6) is -1.12. The predicted molar refractivity (Wildman–Crippen MR) is 555 cm³/mol. The highest BCUT2D eigenvalue weighted by atomic mass is 35.5. The van der Waals surface area contributed by atoms with Gasteiger partial charge in [-0.15, -0.1) is 11.6 Å². The standard InChI is InChI=1S/C22H21F2N3O3S.C21H22ClN3O2S.C20H19Cl2N3O2S.C20H18ClN3O2.C19H15ClF3N3O2S/c1-2-31(28,29)26-16-7-5-15(6-8-16)21-19(12-25)18-10-9-17(30-22(23)24)11-20(18)27(21)13-14-3-4-14;1-3-5-12-28(26,27)24-17-9-6-15(7-10-17)21-19(14-23)18-13-16(22)8-11-20(18)25(21)4-2;1-2-25-19-9-6-15(22)12-17(19)18(13-23)20(25)14-4-7-16(8-5-14)24-28(26,27)11-3-10-21;1-3-24-18-10-7-14(21)11-16(18)17(12-22)19(24)13-5-8-15(9-6-13)23-20(25)26-4-2;1-2-26-17-8-5-13(20)9-15(17)16(10-24)18(26)12-3-6-14(7-4-12)25-29(27,28)11-19(21,22)23/h5-11,14,22,26H,2-4,13H2,1H3;6-11,13,24H,3-5,12H2,1-2H3;4-9,12,24H,2-3,10-11H2,1H3;5-11H,3-4H2,1-2H3,(H,23,25);3-9,25H,2,11H2,1H3. The number of nitriles is 5. The van der Waals surface area contributed by atoms with Crippen molar-refractivity contribution in [3.05, 3.63) is 260 Å². The second kappa shape index (κ2) is 46.9. The minimum absolute atomic E-state index is 0.00119. The van der Waals surface area contributed by atoms with Crippen molar-refractivity contribution in [3.8, 4) is 92.4 Å². The van der Waals surface area contributed by atoms with E-state index in [1.165, 1.54) is 24.3 Å². The van der Waals surface area contributed by atoms with Crippen molar-refractivity contribution in [2.45, 2.75) is 126 Å². The van der Waals surface area contributed by atoms with Crippen LogP contribution in [0, 0.1) is 62.6 Å². The lowest BCUT2D eigenvalue weighted by Gasteiger charge is -2.12. The maximum absolute atomic E-state index is 12.7. The van der Waals surface area contributed by atoms with Gasteiger partial charge in [-0.2, -0.15) is 48.3 Å². The number of amides is 1. The first-order chi connectivity index (χ1) is 67.7. The summed E-state index contributed by atoms with van der Waals surface area (Å²) in [6, 6.07) is 71.9. The first-order valence-electron chi connectivity index (χ1n) is 44.7. The Morgan fingerprint density at radius 1 is 0.401 bits per heavy atom. The highest BCUT2D eigenvalue weighted by Gasteiger charge is 2.36. The fourth-order valence-corrected chi connectivity index (χ4v) is 21.5. The second-order valence-corrected chi connectivity index (χ2v) is 41.9. The van der Waals surface area contributed by atoms with Crippen LogP contribution >= 0.6 is 58.0 Å². The molecule has 0 spiro atoms. The Labute approximate surface area is 844 Å². The molecule has 0 saturated heterocycles. The van der Waals surface area contributed by atoms with Crippen LogP contribution in [0.15, 0.2) is 212 Å². The minimum atomic E-state index is -4.84. The summed E-state index contributed by atoms with van der Waals surface area (Å²) in [4.78, 5) is 11.5. The molecule has 15 aromatic rings. The third-order valence-corrected chi connectivity index (χ3v) is 29.3. The Hall–Kier alpha value is -13.5. The number of aromatic nitrogens is 5. The van der Waals surface area contributed by atoms with E-state index in [4.69, 9.17) is 62.7 Å². The summed E-state index contributed by atoms with van der Waals surface area (Å²) in [6.45, 7) is 14.0. The summed E-state index contributed by atoms with van der Waals surface area (Å²) in [6.07, 6.45) is -1.34. The number of carbonyl (C=O) groups is 1. The van der Waals surface area contributed by atoms with Crippen molar-refractivity contribution in [1.29, 1.82) is 26.3 Å². The fourth-order valence-electron chi connectivity index (χ4n) is 16.4. The van der Waals surface area contributed by atoms with Crippen molar-refractivity contribution in [2.24, 2.45) is 5.92 Å². The van der Waals surface area contributed by atoms with Crippen LogP contribution in [-0.4, -0.2) is 111 Å². The molecule has 26 nitrogen and oxygen atoms in total. The van der Waals surface area contributed by atoms with Gasteiger partial charge in [-0.25, -0.2) is 38.5 Å². The smallest absolute Gasteiger partial charge is 0.411 e. The number of rotatable bonds is 31. The van der Waals surface area contributed by atoms with E-state index in [9.17, 15) is 86.7 Å². The number of aryl methyl sites for hydroxylation is 4. The molecular formula is C102H95Cl5F5N15O11S4. The highest BCUT2D eigenvalue weighted by Crippen LogP contribution is 2.44. The number of ether oxygens (including phenoxy) is 2. The SMILES string of the molecule is CCCCS(=O)(=O)Nc1ccc(-c2c(C#N)c3cc(Cl)ccc3n2CC)cc1.CCOC(=O)Nc1ccc(-c2c(C#N)c3cc(Cl)ccc3n2CC)cc1.CCS(=O)(=O)Nc1ccc(-c2c(C#N)c3ccc(OC(F)F)cc3n2CC2CC2)cc1.CCn1c(-c2ccc(NS(=O)(=O)CC(F)(F)F)cc2)c(C#N)c2cc(Cl)ccc21.CCn1c(-c2ccc(NS(=O)(=O)CCCCl)cc2)c(C#N)c2cc(Cl)ccc21. The molecule has 5 heterocycles. The lowest BCUT2D eigenvalue weighted by molar-refractivity contribution is -0.106. The number of fused-ring (bicyclic) bond motifs is 5. The van der Waals surface area contributed by atoms with Crippen LogP contribution < -0.4 is 28.9 Å². The van der Waals surface area contributed by atoms with Gasteiger partial charge in [-0.05, 0) is 247 Å². The van der Waals surface area contributed by atoms with Crippen LogP contribution in [0.25, 0.3) is 111 Å². The van der Waals surface area contributed by atoms with Crippen molar-refractivity contribution >= 4 is 187 Å². The van der Waals surface area contributed by atoms with Gasteiger partial charge in [0.15, 0.2) is 5.75 Å². The number of hydrogen-bond donors (Lipinski definition) is 5. The lowest BCUT2D eigenvalue weighted by atomic mass is 10.1. The Morgan fingerprint density at radius 2 is 0.711 bits per heavy atom. The van der Waals surface area contributed by atoms with E-state index >= 15 is 0 Å². The molecule has 16 rings (SSSR count). The van der Waals surface area contributed by atoms with E-state index in [2.05, 4.69) is 68.3 Å². The van der Waals surface area contributed by atoms with E-state index in [-0.39, 0.29) is 28.7 Å². The average molecular weight is 2110 g/mol. The predicted octanol–water partition coefficient (Wildman–Crippen LogP) is 26.2. The third-order valence-electron chi connectivity index (χ3n) is 22.8. The molecule has 40 heteroatoms. The zero-order chi connectivity index (χ0) is 103. The third kappa shape index (κ3) is 26.1. The maximum atomic E-state index is 12.7. The fraction of sp³-hybridized carbons (Fsp3) is 0.255. The Morgan fingerprint density at radius 3 is 1.00 bits per heavy atom. The van der Waals surface area contributed by atoms with Crippen LogP contribution in [0.1, 0.15) is 108 Å².